The van der Waals surface area contributed by atoms with E-state index < -0.39 is 0 Å². The average Bonchev–Trinajstić information content (AvgIpc) is 2.97. The number of hydrazine groups is 1. The van der Waals surface area contributed by atoms with E-state index in [4.69, 9.17) is 10.6 Å². The molecule has 2 aromatic rings. The number of nitrogens with one attached hydrogen (secondary N) is 1. The molecule has 0 bridgehead atoms. The van der Waals surface area contributed by atoms with Crippen LogP contribution in [0, 0.1) is 6.92 Å². The highest BCUT2D eigenvalue weighted by atomic mass is 32.2. The number of hydrogen-bond donors (Lipinski definition) is 2. The van der Waals surface area contributed by atoms with Gasteiger partial charge in [-0.05, 0) is 35.7 Å². The van der Waals surface area contributed by atoms with Gasteiger partial charge in [0.15, 0.2) is 0 Å². The standard InChI is InChI=1S/C17H20N2OS/c1-12-4-2-3-5-17(12)21-11-15(19-18)13-6-7-16-14(10-13)8-9-20-16/h2-7,10,15,19H,8-9,11,18H2,1H3. The van der Waals surface area contributed by atoms with Gasteiger partial charge in [0.2, 0.25) is 0 Å². The van der Waals surface area contributed by atoms with Crippen molar-refractivity contribution in [1.82, 2.24) is 5.43 Å². The molecule has 0 fully saturated rings. The van der Waals surface area contributed by atoms with Crippen LogP contribution < -0.4 is 16.0 Å². The van der Waals surface area contributed by atoms with Crippen LogP contribution in [-0.4, -0.2) is 12.4 Å². The predicted octanol–water partition coefficient (Wildman–Crippen LogP) is 3.23. The largest absolute Gasteiger partial charge is 0.493 e. The third-order valence-corrected chi connectivity index (χ3v) is 5.09. The molecule has 0 saturated carbocycles. The summed E-state index contributed by atoms with van der Waals surface area (Å²) in [5, 5.41) is 0. The first kappa shape index (κ1) is 14.4. The zero-order valence-corrected chi connectivity index (χ0v) is 13.0. The van der Waals surface area contributed by atoms with Crippen LogP contribution in [0.25, 0.3) is 0 Å². The van der Waals surface area contributed by atoms with Gasteiger partial charge in [-0.1, -0.05) is 30.3 Å². The fourth-order valence-electron chi connectivity index (χ4n) is 2.56. The van der Waals surface area contributed by atoms with Gasteiger partial charge in [-0.25, -0.2) is 0 Å². The number of ether oxygens (including phenoxy) is 1. The second-order valence-corrected chi connectivity index (χ2v) is 6.32. The van der Waals surface area contributed by atoms with Crippen molar-refractivity contribution >= 4 is 11.8 Å². The quantitative estimate of drug-likeness (QED) is 0.505. The zero-order valence-electron chi connectivity index (χ0n) is 12.1. The Labute approximate surface area is 129 Å². The second-order valence-electron chi connectivity index (χ2n) is 5.26. The molecule has 3 nitrogen and oxygen atoms in total. The first-order valence-corrected chi connectivity index (χ1v) is 8.16. The highest BCUT2D eigenvalue weighted by molar-refractivity contribution is 7.99. The summed E-state index contributed by atoms with van der Waals surface area (Å²) in [6.45, 7) is 2.93. The maximum atomic E-state index is 5.76. The van der Waals surface area contributed by atoms with E-state index in [2.05, 4.69) is 54.8 Å². The third-order valence-electron chi connectivity index (χ3n) is 3.82. The van der Waals surface area contributed by atoms with Crippen molar-refractivity contribution < 1.29 is 4.74 Å². The molecule has 2 aromatic carbocycles. The van der Waals surface area contributed by atoms with Gasteiger partial charge in [-0.15, -0.1) is 11.8 Å². The summed E-state index contributed by atoms with van der Waals surface area (Å²) in [7, 11) is 0. The van der Waals surface area contributed by atoms with Crippen LogP contribution in [0.3, 0.4) is 0 Å². The fourth-order valence-corrected chi connectivity index (χ4v) is 3.66. The van der Waals surface area contributed by atoms with Crippen LogP contribution in [0.4, 0.5) is 0 Å². The van der Waals surface area contributed by atoms with E-state index in [0.29, 0.717) is 0 Å². The number of hydrogen-bond acceptors (Lipinski definition) is 4. The minimum absolute atomic E-state index is 0.139. The van der Waals surface area contributed by atoms with Crippen LogP contribution in [0.1, 0.15) is 22.7 Å². The van der Waals surface area contributed by atoms with Crippen LogP contribution in [0.5, 0.6) is 5.75 Å². The maximum absolute atomic E-state index is 5.76. The SMILES string of the molecule is Cc1ccccc1SCC(NN)c1ccc2c(c1)CCO2. The first-order valence-electron chi connectivity index (χ1n) is 7.18. The van der Waals surface area contributed by atoms with Crippen molar-refractivity contribution in [2.75, 3.05) is 12.4 Å². The molecule has 0 aliphatic carbocycles. The summed E-state index contributed by atoms with van der Waals surface area (Å²) in [4.78, 5) is 1.31. The molecule has 110 valence electrons. The van der Waals surface area contributed by atoms with Crippen molar-refractivity contribution in [2.45, 2.75) is 24.3 Å². The molecule has 3 rings (SSSR count). The number of thioether (sulfide) groups is 1. The van der Waals surface area contributed by atoms with Crippen molar-refractivity contribution in [3.8, 4) is 5.75 Å². The van der Waals surface area contributed by atoms with Crippen LogP contribution >= 0.6 is 11.8 Å². The van der Waals surface area contributed by atoms with E-state index >= 15 is 0 Å². The molecule has 0 radical (unpaired) electrons. The van der Waals surface area contributed by atoms with E-state index in [1.54, 1.807) is 0 Å². The van der Waals surface area contributed by atoms with Crippen molar-refractivity contribution in [3.63, 3.8) is 0 Å². The number of fused-ring (bicyclic) bond motifs is 1. The van der Waals surface area contributed by atoms with Crippen molar-refractivity contribution in [3.05, 3.63) is 59.2 Å². The topological polar surface area (TPSA) is 47.3 Å². The van der Waals surface area contributed by atoms with E-state index in [1.807, 2.05) is 11.8 Å². The zero-order chi connectivity index (χ0) is 14.7. The smallest absolute Gasteiger partial charge is 0.122 e. The summed E-state index contributed by atoms with van der Waals surface area (Å²) in [6.07, 6.45) is 0.991. The molecule has 3 N–H and O–H groups in total. The number of rotatable bonds is 5. The van der Waals surface area contributed by atoms with Gasteiger partial charge in [0.25, 0.3) is 0 Å². The predicted molar refractivity (Wildman–Crippen MR) is 87.6 cm³/mol. The Hall–Kier alpha value is -1.49. The molecular formula is C17H20N2OS. The Morgan fingerprint density at radius 1 is 1.29 bits per heavy atom. The van der Waals surface area contributed by atoms with Gasteiger partial charge < -0.3 is 4.74 Å². The lowest BCUT2D eigenvalue weighted by Gasteiger charge is -2.17. The monoisotopic (exact) mass is 300 g/mol. The molecular weight excluding hydrogens is 280 g/mol. The van der Waals surface area contributed by atoms with Gasteiger partial charge in [-0.3, -0.25) is 11.3 Å². The second kappa shape index (κ2) is 6.52. The maximum Gasteiger partial charge on any atom is 0.122 e. The van der Waals surface area contributed by atoms with Crippen molar-refractivity contribution in [2.24, 2.45) is 5.84 Å². The number of benzene rings is 2. The molecule has 1 aliphatic rings. The molecule has 21 heavy (non-hydrogen) atoms. The van der Waals surface area contributed by atoms with Crippen LogP contribution in [0.15, 0.2) is 47.4 Å². The van der Waals surface area contributed by atoms with Crippen LogP contribution in [-0.2, 0) is 6.42 Å². The lowest BCUT2D eigenvalue weighted by atomic mass is 10.0. The third kappa shape index (κ3) is 3.23. The summed E-state index contributed by atoms with van der Waals surface area (Å²) in [6, 6.07) is 15.0. The molecule has 0 aromatic heterocycles. The molecule has 1 heterocycles. The summed E-state index contributed by atoms with van der Waals surface area (Å²) < 4.78 is 5.55. The van der Waals surface area contributed by atoms with Gasteiger partial charge >= 0.3 is 0 Å². The van der Waals surface area contributed by atoms with Gasteiger partial charge in [0, 0.05) is 17.1 Å². The molecule has 0 amide bonds. The Balaban J connectivity index is 1.72. The Bertz CT molecular complexity index is 630. The Morgan fingerprint density at radius 2 is 2.14 bits per heavy atom. The highest BCUT2D eigenvalue weighted by Gasteiger charge is 2.16. The first-order chi connectivity index (χ1) is 10.3. The van der Waals surface area contributed by atoms with Crippen LogP contribution in [0.2, 0.25) is 0 Å². The molecule has 1 unspecified atom stereocenters. The summed E-state index contributed by atoms with van der Waals surface area (Å²) in [5.74, 6) is 7.68. The minimum Gasteiger partial charge on any atom is -0.493 e. The molecule has 0 saturated heterocycles. The molecule has 0 spiro atoms. The highest BCUT2D eigenvalue weighted by Crippen LogP contribution is 2.31. The van der Waals surface area contributed by atoms with E-state index in [1.165, 1.54) is 21.6 Å². The van der Waals surface area contributed by atoms with E-state index in [-0.39, 0.29) is 6.04 Å². The minimum atomic E-state index is 0.139. The van der Waals surface area contributed by atoms with Gasteiger partial charge in [0.05, 0.1) is 12.6 Å². The van der Waals surface area contributed by atoms with Crippen molar-refractivity contribution in [1.29, 1.82) is 0 Å². The summed E-state index contributed by atoms with van der Waals surface area (Å²) >= 11 is 1.83. The Morgan fingerprint density at radius 3 is 2.95 bits per heavy atom. The van der Waals surface area contributed by atoms with E-state index in [9.17, 15) is 0 Å². The average molecular weight is 300 g/mol. The number of aryl methyl sites for hydroxylation is 1. The lowest BCUT2D eigenvalue weighted by molar-refractivity contribution is 0.356. The summed E-state index contributed by atoms with van der Waals surface area (Å²) in [5.41, 5.74) is 6.75. The molecule has 1 aliphatic heterocycles. The number of nitrogens with two attached hydrogens (primary N) is 1. The van der Waals surface area contributed by atoms with Gasteiger partial charge in [0.1, 0.15) is 5.75 Å². The van der Waals surface area contributed by atoms with E-state index in [0.717, 1.165) is 24.5 Å². The Kier molecular flexibility index (Phi) is 4.48. The molecule has 1 atom stereocenters. The lowest BCUT2D eigenvalue weighted by Crippen LogP contribution is -2.29. The normalized spacial score (nSPS) is 14.6. The molecule has 4 heteroatoms. The van der Waals surface area contributed by atoms with Gasteiger partial charge in [-0.2, -0.15) is 0 Å². The fraction of sp³-hybridized carbons (Fsp3) is 0.294.